The summed E-state index contributed by atoms with van der Waals surface area (Å²) in [5.41, 5.74) is 5.32. The number of rotatable bonds is 6. The lowest BCUT2D eigenvalue weighted by Gasteiger charge is -2.32. The lowest BCUT2D eigenvalue weighted by molar-refractivity contribution is 0.0488. The number of carbonyl (C=O) groups excluding carboxylic acids is 1. The first-order valence-corrected chi connectivity index (χ1v) is 15.4. The fourth-order valence-corrected chi connectivity index (χ4v) is 6.41. The average molecular weight is 591 g/mol. The van der Waals surface area contributed by atoms with Crippen LogP contribution < -0.4 is 5.32 Å². The Morgan fingerprint density at radius 1 is 0.854 bits per heavy atom. The Labute approximate surface area is 252 Å². The monoisotopic (exact) mass is 589 g/mol. The van der Waals surface area contributed by atoms with Gasteiger partial charge in [-0.2, -0.15) is 0 Å². The zero-order chi connectivity index (χ0) is 28.7. The third-order valence-electron chi connectivity index (χ3n) is 8.21. The van der Waals surface area contributed by atoms with Gasteiger partial charge >= 0.3 is 6.09 Å². The van der Waals surface area contributed by atoms with E-state index < -0.39 is 5.60 Å². The maximum absolute atomic E-state index is 12.4. The highest BCUT2D eigenvalue weighted by molar-refractivity contribution is 6.30. The molecule has 41 heavy (non-hydrogen) atoms. The molecule has 214 valence electrons. The summed E-state index contributed by atoms with van der Waals surface area (Å²) < 4.78 is 8.03. The van der Waals surface area contributed by atoms with Gasteiger partial charge in [0, 0.05) is 34.0 Å². The Bertz CT molecular complexity index is 1480. The van der Waals surface area contributed by atoms with E-state index in [4.69, 9.17) is 32.9 Å². The third kappa shape index (κ3) is 6.42. The van der Waals surface area contributed by atoms with Crippen LogP contribution in [0.3, 0.4) is 0 Å². The van der Waals surface area contributed by atoms with Crippen molar-refractivity contribution in [1.29, 1.82) is 0 Å². The van der Waals surface area contributed by atoms with E-state index in [1.807, 2.05) is 45.0 Å². The number of imidazole rings is 1. The van der Waals surface area contributed by atoms with E-state index in [-0.39, 0.29) is 18.1 Å². The third-order valence-corrected chi connectivity index (χ3v) is 8.71. The Morgan fingerprint density at radius 3 is 1.95 bits per heavy atom. The van der Waals surface area contributed by atoms with E-state index in [9.17, 15) is 4.79 Å². The summed E-state index contributed by atoms with van der Waals surface area (Å²) in [6.45, 7) is 5.68. The molecule has 0 spiro atoms. The molecule has 1 N–H and O–H groups in total. The largest absolute Gasteiger partial charge is 0.444 e. The van der Waals surface area contributed by atoms with E-state index in [0.717, 1.165) is 41.2 Å². The number of hydrogen-bond donors (Lipinski definition) is 1. The second kappa shape index (κ2) is 11.3. The molecular formula is C34H37Cl2N3O2. The molecule has 0 unspecified atom stereocenters. The van der Waals surface area contributed by atoms with Crippen LogP contribution in [0, 0.1) is 0 Å². The van der Waals surface area contributed by atoms with Gasteiger partial charge < -0.3 is 14.6 Å². The molecule has 2 saturated carbocycles. The predicted octanol–water partition coefficient (Wildman–Crippen LogP) is 9.41. The summed E-state index contributed by atoms with van der Waals surface area (Å²) in [7, 11) is 0. The minimum Gasteiger partial charge on any atom is -0.444 e. The van der Waals surface area contributed by atoms with Crippen molar-refractivity contribution < 1.29 is 9.53 Å². The normalized spacial score (nSPS) is 19.5. The van der Waals surface area contributed by atoms with Crippen LogP contribution in [-0.2, 0) is 4.74 Å². The molecule has 4 aromatic rings. The van der Waals surface area contributed by atoms with Crippen molar-refractivity contribution in [3.8, 4) is 0 Å². The van der Waals surface area contributed by atoms with E-state index in [1.165, 1.54) is 40.9 Å². The number of ether oxygens (including phenoxy) is 1. The maximum atomic E-state index is 12.4. The Balaban J connectivity index is 1.33. The molecule has 1 aromatic heterocycles. The quantitative estimate of drug-likeness (QED) is 0.228. The minimum atomic E-state index is -0.496. The average Bonchev–Trinajstić information content (AvgIpc) is 3.71. The van der Waals surface area contributed by atoms with Crippen molar-refractivity contribution >= 4 is 40.3 Å². The van der Waals surface area contributed by atoms with Gasteiger partial charge in [-0.05, 0) is 112 Å². The first kappa shape index (κ1) is 28.1. The highest BCUT2D eigenvalue weighted by Crippen LogP contribution is 2.45. The summed E-state index contributed by atoms with van der Waals surface area (Å²) in [4.78, 5) is 17.5. The Morgan fingerprint density at radius 2 is 1.41 bits per heavy atom. The van der Waals surface area contributed by atoms with Crippen LogP contribution >= 0.6 is 23.2 Å². The molecular weight excluding hydrogens is 553 g/mol. The number of amides is 1. The fraction of sp³-hybridized carbons (Fsp3) is 0.412. The fourth-order valence-electron chi connectivity index (χ4n) is 6.16. The van der Waals surface area contributed by atoms with Crippen LogP contribution in [0.4, 0.5) is 4.79 Å². The van der Waals surface area contributed by atoms with Crippen LogP contribution in [0.25, 0.3) is 11.0 Å². The molecule has 3 aromatic carbocycles. The minimum absolute atomic E-state index is 0.0374. The molecule has 0 radical (unpaired) electrons. The second-order valence-corrected chi connectivity index (χ2v) is 13.4. The lowest BCUT2D eigenvalue weighted by Crippen LogP contribution is -2.41. The molecule has 0 atom stereocenters. The van der Waals surface area contributed by atoms with E-state index >= 15 is 0 Å². The molecule has 7 heteroatoms. The zero-order valence-corrected chi connectivity index (χ0v) is 25.4. The van der Waals surface area contributed by atoms with Gasteiger partial charge in [0.15, 0.2) is 0 Å². The SMILES string of the molecule is CC(C)(C)OC(=O)N[C@H]1CC[C@H](n2c(C3CC3)nc3ccc(C(c4ccc(Cl)cc4)c4ccc(Cl)cc4)cc32)CC1. The van der Waals surface area contributed by atoms with Crippen molar-refractivity contribution in [3.63, 3.8) is 0 Å². The van der Waals surface area contributed by atoms with E-state index in [1.54, 1.807) is 0 Å². The van der Waals surface area contributed by atoms with Gasteiger partial charge in [0.2, 0.25) is 0 Å². The standard InChI is InChI=1S/C34H37Cl2N3O2/c1-34(2,3)41-33(40)37-27-15-17-28(18-16-27)39-30-20-24(10-19-29(30)38-32(39)23-4-5-23)31(21-6-11-25(35)12-7-21)22-8-13-26(36)14-9-22/h6-14,19-20,23,27-28,31H,4-5,15-18H2,1-3H3,(H,37,40)/t27-,28-. The number of fused-ring (bicyclic) bond motifs is 1. The van der Waals surface area contributed by atoms with Gasteiger partial charge in [0.25, 0.3) is 0 Å². The van der Waals surface area contributed by atoms with Crippen LogP contribution in [0.5, 0.6) is 0 Å². The smallest absolute Gasteiger partial charge is 0.407 e. The van der Waals surface area contributed by atoms with Gasteiger partial charge in [-0.1, -0.05) is 53.5 Å². The molecule has 0 aliphatic heterocycles. The topological polar surface area (TPSA) is 56.1 Å². The zero-order valence-electron chi connectivity index (χ0n) is 23.9. The van der Waals surface area contributed by atoms with Gasteiger partial charge in [0.05, 0.1) is 11.0 Å². The van der Waals surface area contributed by atoms with Crippen molar-refractivity contribution in [2.24, 2.45) is 0 Å². The van der Waals surface area contributed by atoms with Crippen molar-refractivity contribution in [1.82, 2.24) is 14.9 Å². The summed E-state index contributed by atoms with van der Waals surface area (Å²) in [5, 5.41) is 4.54. The van der Waals surface area contributed by atoms with E-state index in [2.05, 4.69) is 52.3 Å². The van der Waals surface area contributed by atoms with Crippen molar-refractivity contribution in [3.05, 3.63) is 99.3 Å². The number of benzene rings is 3. The molecule has 6 rings (SSSR count). The molecule has 5 nitrogen and oxygen atoms in total. The molecule has 2 aliphatic carbocycles. The van der Waals surface area contributed by atoms with Crippen molar-refractivity contribution in [2.75, 3.05) is 0 Å². The number of carbonyl (C=O) groups is 1. The predicted molar refractivity (Wildman–Crippen MR) is 166 cm³/mol. The highest BCUT2D eigenvalue weighted by atomic mass is 35.5. The first-order chi connectivity index (χ1) is 19.6. The van der Waals surface area contributed by atoms with Crippen molar-refractivity contribution in [2.45, 2.75) is 88.8 Å². The second-order valence-electron chi connectivity index (χ2n) is 12.6. The van der Waals surface area contributed by atoms with Crippen LogP contribution in [0.15, 0.2) is 66.7 Å². The van der Waals surface area contributed by atoms with Gasteiger partial charge in [-0.15, -0.1) is 0 Å². The number of nitrogens with one attached hydrogen (secondary N) is 1. The molecule has 1 amide bonds. The number of alkyl carbamates (subject to hydrolysis) is 1. The summed E-state index contributed by atoms with van der Waals surface area (Å²) in [6, 6.07) is 23.5. The molecule has 1 heterocycles. The maximum Gasteiger partial charge on any atom is 0.407 e. The summed E-state index contributed by atoms with van der Waals surface area (Å²) in [5.74, 6) is 1.79. The first-order valence-electron chi connectivity index (χ1n) is 14.7. The molecule has 2 aliphatic rings. The number of hydrogen-bond acceptors (Lipinski definition) is 3. The van der Waals surface area contributed by atoms with Crippen LogP contribution in [0.2, 0.25) is 10.0 Å². The van der Waals surface area contributed by atoms with Gasteiger partial charge in [0.1, 0.15) is 11.4 Å². The van der Waals surface area contributed by atoms with E-state index in [0.29, 0.717) is 12.0 Å². The van der Waals surface area contributed by atoms with Crippen LogP contribution in [0.1, 0.15) is 99.7 Å². The molecule has 2 fully saturated rings. The highest BCUT2D eigenvalue weighted by Gasteiger charge is 2.34. The number of nitrogens with zero attached hydrogens (tertiary/aromatic N) is 2. The number of halogens is 2. The number of aromatic nitrogens is 2. The molecule has 0 saturated heterocycles. The lowest BCUT2D eigenvalue weighted by atomic mass is 9.85. The Kier molecular flexibility index (Phi) is 7.78. The van der Waals surface area contributed by atoms with Gasteiger partial charge in [-0.3, -0.25) is 0 Å². The van der Waals surface area contributed by atoms with Crippen LogP contribution in [-0.4, -0.2) is 27.3 Å². The Hall–Kier alpha value is -3.02. The molecule has 0 bridgehead atoms. The summed E-state index contributed by atoms with van der Waals surface area (Å²) >= 11 is 12.5. The van der Waals surface area contributed by atoms with Gasteiger partial charge in [-0.25, -0.2) is 9.78 Å². The summed E-state index contributed by atoms with van der Waals surface area (Å²) in [6.07, 6.45) is 5.90.